The van der Waals surface area contributed by atoms with Crippen LogP contribution >= 0.6 is 11.6 Å². The Morgan fingerprint density at radius 1 is 1.22 bits per heavy atom. The van der Waals surface area contributed by atoms with Crippen LogP contribution in [0, 0.1) is 5.82 Å². The van der Waals surface area contributed by atoms with Gasteiger partial charge in [0.05, 0.1) is 7.11 Å². The van der Waals surface area contributed by atoms with Crippen LogP contribution in [0.1, 0.15) is 17.5 Å². The van der Waals surface area contributed by atoms with Crippen molar-refractivity contribution in [3.05, 3.63) is 64.4 Å². The minimum atomic E-state index is -0.323. The van der Waals surface area contributed by atoms with Crippen molar-refractivity contribution in [3.8, 4) is 5.75 Å². The molecule has 0 spiro atoms. The summed E-state index contributed by atoms with van der Waals surface area (Å²) in [6.07, 6.45) is 1.41. The number of nitrogens with one attached hydrogen (secondary N) is 1. The summed E-state index contributed by atoms with van der Waals surface area (Å²) in [4.78, 5) is 0. The van der Waals surface area contributed by atoms with E-state index in [1.807, 2.05) is 24.3 Å². The van der Waals surface area contributed by atoms with Crippen molar-refractivity contribution < 1.29 is 9.13 Å². The number of methoxy groups -OCH3 is 1. The molecule has 0 saturated carbocycles. The van der Waals surface area contributed by atoms with Crippen molar-refractivity contribution in [2.45, 2.75) is 25.4 Å². The largest absolute Gasteiger partial charge is 0.497 e. The lowest BCUT2D eigenvalue weighted by atomic mass is 10.0. The molecule has 3 N–H and O–H groups in total. The van der Waals surface area contributed by atoms with E-state index in [0.717, 1.165) is 36.4 Å². The molecular weight excluding hydrogens is 315 g/mol. The first-order valence-corrected chi connectivity index (χ1v) is 7.99. The van der Waals surface area contributed by atoms with E-state index in [9.17, 15) is 4.39 Å². The monoisotopic (exact) mass is 336 g/mol. The van der Waals surface area contributed by atoms with E-state index >= 15 is 0 Å². The van der Waals surface area contributed by atoms with Gasteiger partial charge in [-0.2, -0.15) is 0 Å². The molecule has 0 aliphatic carbocycles. The first-order chi connectivity index (χ1) is 11.1. The lowest BCUT2D eigenvalue weighted by molar-refractivity contribution is 0.414. The molecule has 0 fully saturated rings. The van der Waals surface area contributed by atoms with Crippen LogP contribution in [0.5, 0.6) is 5.75 Å². The van der Waals surface area contributed by atoms with Gasteiger partial charge in [0.2, 0.25) is 0 Å². The molecule has 0 aliphatic heterocycles. The zero-order valence-corrected chi connectivity index (χ0v) is 13.9. The summed E-state index contributed by atoms with van der Waals surface area (Å²) < 4.78 is 18.5. The second-order valence-electron chi connectivity index (χ2n) is 5.56. The second kappa shape index (κ2) is 8.87. The molecule has 2 aromatic rings. The molecule has 3 nitrogen and oxygen atoms in total. The fourth-order valence-corrected chi connectivity index (χ4v) is 2.68. The number of benzene rings is 2. The predicted molar refractivity (Wildman–Crippen MR) is 92.4 cm³/mol. The third-order valence-electron chi connectivity index (χ3n) is 3.58. The van der Waals surface area contributed by atoms with Crippen molar-refractivity contribution in [1.29, 1.82) is 0 Å². The molecule has 0 amide bonds. The fraction of sp³-hybridized carbons (Fsp3) is 0.333. The molecule has 2 aromatic carbocycles. The van der Waals surface area contributed by atoms with E-state index < -0.39 is 0 Å². The Labute approximate surface area is 141 Å². The van der Waals surface area contributed by atoms with Crippen LogP contribution in [0.4, 0.5) is 4.39 Å². The molecule has 1 atom stereocenters. The first kappa shape index (κ1) is 17.7. The summed E-state index contributed by atoms with van der Waals surface area (Å²) in [6.45, 7) is 1.55. The number of hydrogen-bond acceptors (Lipinski definition) is 3. The van der Waals surface area contributed by atoms with Gasteiger partial charge in [-0.25, -0.2) is 4.39 Å². The SMILES string of the molecule is COc1cccc(CNCC[C@@H](N)Cc2cc(F)cc(Cl)c2)c1. The molecule has 5 heteroatoms. The van der Waals surface area contributed by atoms with Gasteiger partial charge in [0.1, 0.15) is 11.6 Å². The highest BCUT2D eigenvalue weighted by atomic mass is 35.5. The maximum absolute atomic E-state index is 13.3. The molecule has 2 rings (SSSR count). The summed E-state index contributed by atoms with van der Waals surface area (Å²) in [5.74, 6) is 0.528. The third kappa shape index (κ3) is 6.18. The van der Waals surface area contributed by atoms with Crippen LogP contribution in [0.15, 0.2) is 42.5 Å². The van der Waals surface area contributed by atoms with E-state index in [2.05, 4.69) is 5.32 Å². The van der Waals surface area contributed by atoms with E-state index in [0.29, 0.717) is 11.4 Å². The van der Waals surface area contributed by atoms with Gasteiger partial charge in [0.15, 0.2) is 0 Å². The van der Waals surface area contributed by atoms with Crippen LogP contribution in [0.2, 0.25) is 5.02 Å². The van der Waals surface area contributed by atoms with E-state index in [1.165, 1.54) is 12.1 Å². The fourth-order valence-electron chi connectivity index (χ4n) is 2.44. The van der Waals surface area contributed by atoms with Crippen LogP contribution < -0.4 is 15.8 Å². The molecule has 23 heavy (non-hydrogen) atoms. The van der Waals surface area contributed by atoms with E-state index in [1.54, 1.807) is 13.2 Å². The van der Waals surface area contributed by atoms with Crippen LogP contribution in [-0.2, 0) is 13.0 Å². The number of hydrogen-bond donors (Lipinski definition) is 2. The summed E-state index contributed by atoms with van der Waals surface area (Å²) in [7, 11) is 1.66. The summed E-state index contributed by atoms with van der Waals surface area (Å²) in [6, 6.07) is 12.4. The Hall–Kier alpha value is -1.62. The highest BCUT2D eigenvalue weighted by Gasteiger charge is 2.06. The highest BCUT2D eigenvalue weighted by Crippen LogP contribution is 2.16. The number of halogens is 2. The maximum atomic E-state index is 13.3. The average Bonchev–Trinajstić information content (AvgIpc) is 2.51. The van der Waals surface area contributed by atoms with Gasteiger partial charge in [-0.3, -0.25) is 0 Å². The minimum Gasteiger partial charge on any atom is -0.497 e. The molecule has 0 aromatic heterocycles. The quantitative estimate of drug-likeness (QED) is 0.725. The Morgan fingerprint density at radius 3 is 2.78 bits per heavy atom. The highest BCUT2D eigenvalue weighted by molar-refractivity contribution is 6.30. The normalized spacial score (nSPS) is 12.2. The van der Waals surface area contributed by atoms with Gasteiger partial charge >= 0.3 is 0 Å². The topological polar surface area (TPSA) is 47.3 Å². The molecule has 124 valence electrons. The molecular formula is C18H22ClFN2O. The third-order valence-corrected chi connectivity index (χ3v) is 3.79. The van der Waals surface area contributed by atoms with E-state index in [-0.39, 0.29) is 11.9 Å². The second-order valence-corrected chi connectivity index (χ2v) is 6.00. The molecule has 0 radical (unpaired) electrons. The van der Waals surface area contributed by atoms with Crippen molar-refractivity contribution in [2.75, 3.05) is 13.7 Å². The first-order valence-electron chi connectivity index (χ1n) is 7.61. The smallest absolute Gasteiger partial charge is 0.124 e. The Morgan fingerprint density at radius 2 is 2.04 bits per heavy atom. The zero-order chi connectivity index (χ0) is 16.7. The summed E-state index contributed by atoms with van der Waals surface area (Å²) in [5.41, 5.74) is 8.10. The van der Waals surface area contributed by atoms with Crippen molar-refractivity contribution in [2.24, 2.45) is 5.73 Å². The Balaban J connectivity index is 1.73. The number of nitrogens with two attached hydrogens (primary N) is 1. The number of ether oxygens (including phenoxy) is 1. The van der Waals surface area contributed by atoms with Gasteiger partial charge in [-0.1, -0.05) is 23.7 Å². The Bertz CT molecular complexity index is 616. The van der Waals surface area contributed by atoms with Crippen LogP contribution in [-0.4, -0.2) is 19.7 Å². The van der Waals surface area contributed by atoms with Gasteiger partial charge in [-0.05, 0) is 60.8 Å². The molecule has 0 aliphatic rings. The summed E-state index contributed by atoms with van der Waals surface area (Å²) >= 11 is 5.85. The predicted octanol–water partition coefficient (Wildman–Crippen LogP) is 3.54. The maximum Gasteiger partial charge on any atom is 0.124 e. The van der Waals surface area contributed by atoms with Crippen LogP contribution in [0.25, 0.3) is 0 Å². The van der Waals surface area contributed by atoms with E-state index in [4.69, 9.17) is 22.1 Å². The van der Waals surface area contributed by atoms with Gasteiger partial charge in [0.25, 0.3) is 0 Å². The number of rotatable bonds is 8. The van der Waals surface area contributed by atoms with Gasteiger partial charge < -0.3 is 15.8 Å². The Kier molecular flexibility index (Phi) is 6.84. The van der Waals surface area contributed by atoms with Gasteiger partial charge in [-0.15, -0.1) is 0 Å². The molecule has 0 bridgehead atoms. The van der Waals surface area contributed by atoms with Crippen LogP contribution in [0.3, 0.4) is 0 Å². The molecule has 0 heterocycles. The molecule has 0 saturated heterocycles. The standard InChI is InChI=1S/C18H22ClFN2O/c1-23-18-4-2-3-13(10-18)12-22-6-5-17(21)9-14-7-15(19)11-16(20)8-14/h2-4,7-8,10-11,17,22H,5-6,9,12,21H2,1H3/t17-/m1/s1. The minimum absolute atomic E-state index is 0.0364. The summed E-state index contributed by atoms with van der Waals surface area (Å²) in [5, 5.41) is 3.76. The molecule has 0 unspecified atom stereocenters. The average molecular weight is 337 g/mol. The van der Waals surface area contributed by atoms with Gasteiger partial charge in [0, 0.05) is 17.6 Å². The zero-order valence-electron chi connectivity index (χ0n) is 13.2. The lowest BCUT2D eigenvalue weighted by Crippen LogP contribution is -2.28. The van der Waals surface area contributed by atoms with Crippen molar-refractivity contribution in [1.82, 2.24) is 5.32 Å². The van der Waals surface area contributed by atoms with Crippen molar-refractivity contribution in [3.63, 3.8) is 0 Å². The van der Waals surface area contributed by atoms with Crippen molar-refractivity contribution >= 4 is 11.6 Å². The lowest BCUT2D eigenvalue weighted by Gasteiger charge is -2.13.